The van der Waals surface area contributed by atoms with Crippen molar-refractivity contribution in [1.82, 2.24) is 0 Å². The van der Waals surface area contributed by atoms with E-state index in [4.69, 9.17) is 12.8 Å². The van der Waals surface area contributed by atoms with E-state index >= 15 is 0 Å². The highest BCUT2D eigenvalue weighted by atomic mass is 32.2. The van der Waals surface area contributed by atoms with Gasteiger partial charge in [-0.1, -0.05) is 193 Å². The summed E-state index contributed by atoms with van der Waals surface area (Å²) < 4.78 is 0. The van der Waals surface area contributed by atoms with Crippen molar-refractivity contribution in [2.45, 2.75) is 30.4 Å². The Balaban J connectivity index is 1.10. The Morgan fingerprint density at radius 3 is 0.983 bits per heavy atom. The number of benzene rings is 8. The topological polar surface area (TPSA) is 0 Å². The van der Waals surface area contributed by atoms with Crippen molar-refractivity contribution in [1.29, 1.82) is 0 Å². The number of terminal acetylenes is 2. The Bertz CT molecular complexity index is 2880. The number of rotatable bonds is 3. The summed E-state index contributed by atoms with van der Waals surface area (Å²) in [5.41, 5.74) is 11.1. The lowest BCUT2D eigenvalue weighted by molar-refractivity contribution is 0.757. The molecule has 0 nitrogen and oxygen atoms in total. The van der Waals surface area contributed by atoms with E-state index in [9.17, 15) is 0 Å². The van der Waals surface area contributed by atoms with E-state index < -0.39 is 10.8 Å². The number of hydrogen-bond acceptors (Lipinski definition) is 2. The molecule has 0 saturated carbocycles. The molecule has 2 heterocycles. The van der Waals surface area contributed by atoms with Gasteiger partial charge in [0.2, 0.25) is 0 Å². The maximum atomic E-state index is 5.79. The fourth-order valence-electron chi connectivity index (χ4n) is 8.56. The van der Waals surface area contributed by atoms with Crippen LogP contribution in [0.4, 0.5) is 0 Å². The van der Waals surface area contributed by atoms with Crippen LogP contribution in [0.3, 0.4) is 0 Å². The normalized spacial score (nSPS) is 13.5. The van der Waals surface area contributed by atoms with Gasteiger partial charge in [-0.2, -0.15) is 0 Å². The molecule has 0 aliphatic carbocycles. The highest BCUT2D eigenvalue weighted by Gasteiger charge is 2.43. The zero-order chi connectivity index (χ0) is 40.5. The van der Waals surface area contributed by atoms with E-state index in [-0.39, 0.29) is 0 Å². The van der Waals surface area contributed by atoms with Crippen LogP contribution in [0.15, 0.2) is 214 Å². The molecule has 8 aromatic carbocycles. The predicted octanol–water partition coefficient (Wildman–Crippen LogP) is 13.0. The Hall–Kier alpha value is -7.30. The van der Waals surface area contributed by atoms with Gasteiger partial charge in [-0.15, -0.1) is 12.8 Å². The molecule has 0 atom stereocenters. The average molecular weight is 795 g/mol. The minimum Gasteiger partial charge on any atom is -0.115 e. The van der Waals surface area contributed by atoms with Crippen molar-refractivity contribution >= 4 is 23.5 Å². The Labute approximate surface area is 361 Å². The fraction of sp³-hybridized carbons (Fsp3) is 0.0345. The third-order valence-corrected chi connectivity index (χ3v) is 13.7. The first-order valence-corrected chi connectivity index (χ1v) is 21.4. The minimum absolute atomic E-state index is 0.711. The highest BCUT2D eigenvalue weighted by Crippen LogP contribution is 2.54. The second-order valence-corrected chi connectivity index (χ2v) is 17.0. The number of hydrogen-bond donors (Lipinski definition) is 0. The molecular weight excluding hydrogens is 761 g/mol. The van der Waals surface area contributed by atoms with E-state index in [1.54, 1.807) is 23.5 Å². The van der Waals surface area contributed by atoms with E-state index in [2.05, 4.69) is 181 Å². The van der Waals surface area contributed by atoms with Crippen LogP contribution in [-0.4, -0.2) is 0 Å². The summed E-state index contributed by atoms with van der Waals surface area (Å²) in [4.78, 5) is 4.81. The van der Waals surface area contributed by atoms with Crippen molar-refractivity contribution in [3.05, 3.63) is 250 Å². The molecule has 2 aliphatic heterocycles. The summed E-state index contributed by atoms with van der Waals surface area (Å²) in [6, 6.07) is 68.4. The second-order valence-electron chi connectivity index (χ2n) is 14.8. The molecule has 0 fully saturated rings. The van der Waals surface area contributed by atoms with Crippen molar-refractivity contribution in [2.24, 2.45) is 0 Å². The Kier molecular flexibility index (Phi) is 9.54. The van der Waals surface area contributed by atoms with Gasteiger partial charge in [0.25, 0.3) is 0 Å². The standard InChI is InChI=1S/C58H34S2/c1-3-41-15-13-17-43(39-41)35-37-57(49-19-5-9-23-53(49)59-54-24-10-6-20-50(54)57)47-31-27-45(28-32-47)46-29-33-48(34-30-46)58(38-36-44-18-14-16-42(4-2)40-44)51-21-7-11-25-55(51)60-56-26-12-8-22-52(56)58/h1-2,5-34,39-40H. The lowest BCUT2D eigenvalue weighted by Crippen LogP contribution is -2.31. The van der Waals surface area contributed by atoms with Crippen LogP contribution in [0.25, 0.3) is 11.1 Å². The zero-order valence-corrected chi connectivity index (χ0v) is 34.1. The molecule has 2 aliphatic rings. The monoisotopic (exact) mass is 794 g/mol. The quantitative estimate of drug-likeness (QED) is 0.163. The third kappa shape index (κ3) is 6.33. The molecule has 278 valence electrons. The molecule has 0 radical (unpaired) electrons. The molecule has 0 aromatic heterocycles. The largest absolute Gasteiger partial charge is 0.115 e. The second kappa shape index (κ2) is 15.5. The van der Waals surface area contributed by atoms with Crippen molar-refractivity contribution < 1.29 is 0 Å². The van der Waals surface area contributed by atoms with Crippen LogP contribution >= 0.6 is 23.5 Å². The molecule has 0 amide bonds. The smallest absolute Gasteiger partial charge is 0.109 e. The van der Waals surface area contributed by atoms with Crippen LogP contribution < -0.4 is 0 Å². The summed E-state index contributed by atoms with van der Waals surface area (Å²) in [5, 5.41) is 0. The first-order chi connectivity index (χ1) is 29.6. The van der Waals surface area contributed by atoms with Crippen LogP contribution in [0.1, 0.15) is 55.6 Å². The van der Waals surface area contributed by atoms with Crippen molar-refractivity contribution in [3.8, 4) is 59.5 Å². The van der Waals surface area contributed by atoms with E-state index in [1.807, 2.05) is 48.5 Å². The Morgan fingerprint density at radius 2 is 0.650 bits per heavy atom. The highest BCUT2D eigenvalue weighted by molar-refractivity contribution is 7.99. The predicted molar refractivity (Wildman–Crippen MR) is 248 cm³/mol. The molecule has 0 saturated heterocycles. The van der Waals surface area contributed by atoms with Crippen LogP contribution in [0.2, 0.25) is 0 Å². The maximum absolute atomic E-state index is 5.79. The molecule has 0 spiro atoms. The molecule has 0 N–H and O–H groups in total. The first kappa shape index (κ1) is 37.0. The SMILES string of the molecule is C#Cc1cccc(C#CC2(c3ccc(-c4ccc(C5(C#Cc6cccc(C#C)c6)c6ccccc6Sc6ccccc65)cc4)cc3)c3ccccc3Sc3ccccc32)c1. The lowest BCUT2D eigenvalue weighted by Gasteiger charge is -2.37. The van der Waals surface area contributed by atoms with Gasteiger partial charge in [0.05, 0.1) is 0 Å². The summed E-state index contributed by atoms with van der Waals surface area (Å²) in [6.45, 7) is 0. The fourth-order valence-corrected chi connectivity index (χ4v) is 10.9. The molecule has 8 aromatic rings. The van der Waals surface area contributed by atoms with Gasteiger partial charge in [0.1, 0.15) is 10.8 Å². The van der Waals surface area contributed by atoms with E-state index in [0.29, 0.717) is 0 Å². The maximum Gasteiger partial charge on any atom is 0.109 e. The van der Waals surface area contributed by atoms with Gasteiger partial charge in [-0.05, 0) is 105 Å². The van der Waals surface area contributed by atoms with E-state index in [1.165, 1.54) is 41.8 Å². The molecular formula is C58H34S2. The van der Waals surface area contributed by atoms with Gasteiger partial charge in [-0.25, -0.2) is 0 Å². The lowest BCUT2D eigenvalue weighted by atomic mass is 9.69. The van der Waals surface area contributed by atoms with Gasteiger partial charge in [-0.3, -0.25) is 0 Å². The van der Waals surface area contributed by atoms with Crippen LogP contribution in [-0.2, 0) is 10.8 Å². The van der Waals surface area contributed by atoms with Crippen molar-refractivity contribution in [3.63, 3.8) is 0 Å². The summed E-state index contributed by atoms with van der Waals surface area (Å²) in [5.74, 6) is 20.3. The average Bonchev–Trinajstić information content (AvgIpc) is 3.32. The first-order valence-electron chi connectivity index (χ1n) is 19.7. The summed E-state index contributed by atoms with van der Waals surface area (Å²) in [7, 11) is 0. The Morgan fingerprint density at radius 1 is 0.333 bits per heavy atom. The van der Waals surface area contributed by atoms with Crippen molar-refractivity contribution in [2.75, 3.05) is 0 Å². The minimum atomic E-state index is -0.711. The molecule has 60 heavy (non-hydrogen) atoms. The zero-order valence-electron chi connectivity index (χ0n) is 32.4. The van der Waals surface area contributed by atoms with Gasteiger partial charge < -0.3 is 0 Å². The molecule has 0 bridgehead atoms. The summed E-state index contributed by atoms with van der Waals surface area (Å²) >= 11 is 3.60. The van der Waals surface area contributed by atoms with Crippen LogP contribution in [0, 0.1) is 48.4 Å². The summed E-state index contributed by atoms with van der Waals surface area (Å²) in [6.07, 6.45) is 11.6. The third-order valence-electron chi connectivity index (χ3n) is 11.4. The van der Waals surface area contributed by atoms with Gasteiger partial charge >= 0.3 is 0 Å². The van der Waals surface area contributed by atoms with Crippen LogP contribution in [0.5, 0.6) is 0 Å². The van der Waals surface area contributed by atoms with Gasteiger partial charge in [0.15, 0.2) is 0 Å². The molecule has 0 unspecified atom stereocenters. The number of fused-ring (bicyclic) bond motifs is 4. The molecule has 10 rings (SSSR count). The van der Waals surface area contributed by atoms with Gasteiger partial charge in [0, 0.05) is 41.8 Å². The molecule has 2 heteroatoms. The van der Waals surface area contributed by atoms with E-state index in [0.717, 1.165) is 44.5 Å².